The molecule has 0 saturated heterocycles. The van der Waals surface area contributed by atoms with E-state index in [9.17, 15) is 4.79 Å². The normalized spacial score (nSPS) is 10.9. The smallest absolute Gasteiger partial charge is 0.311 e. The summed E-state index contributed by atoms with van der Waals surface area (Å²) in [7, 11) is 0. The van der Waals surface area contributed by atoms with Crippen LogP contribution in [0.5, 0.6) is 5.75 Å². The monoisotopic (exact) mass is 375 g/mol. The van der Waals surface area contributed by atoms with Crippen LogP contribution < -0.4 is 10.2 Å². The molecule has 2 aromatic rings. The van der Waals surface area contributed by atoms with Gasteiger partial charge in [-0.25, -0.2) is 4.98 Å². The van der Waals surface area contributed by atoms with Gasteiger partial charge < -0.3 is 9.47 Å². The van der Waals surface area contributed by atoms with E-state index < -0.39 is 0 Å². The Bertz CT molecular complexity index is 748. The second kappa shape index (κ2) is 9.91. The van der Waals surface area contributed by atoms with E-state index in [1.165, 1.54) is 11.3 Å². The molecule has 1 aromatic heterocycles. The van der Waals surface area contributed by atoms with Gasteiger partial charge in [-0.3, -0.25) is 10.2 Å². The summed E-state index contributed by atoms with van der Waals surface area (Å²) in [5.74, 6) is 0.611. The highest BCUT2D eigenvalue weighted by Crippen LogP contribution is 2.21. The lowest BCUT2D eigenvalue weighted by Crippen LogP contribution is -2.07. The number of benzene rings is 1. The molecular formula is C19H25N3O3S. The van der Waals surface area contributed by atoms with Gasteiger partial charge in [0.2, 0.25) is 5.13 Å². The van der Waals surface area contributed by atoms with Crippen molar-refractivity contribution in [3.63, 3.8) is 0 Å². The van der Waals surface area contributed by atoms with Gasteiger partial charge in [0.1, 0.15) is 5.75 Å². The molecule has 6 nitrogen and oxygen atoms in total. The minimum absolute atomic E-state index is 0.174. The van der Waals surface area contributed by atoms with Crippen LogP contribution in [0.1, 0.15) is 42.7 Å². The highest BCUT2D eigenvalue weighted by atomic mass is 32.1. The van der Waals surface area contributed by atoms with Crippen LogP contribution >= 0.6 is 11.3 Å². The number of thiazole rings is 1. The van der Waals surface area contributed by atoms with Crippen LogP contribution in [-0.4, -0.2) is 30.4 Å². The zero-order chi connectivity index (χ0) is 18.9. The molecule has 140 valence electrons. The average molecular weight is 375 g/mol. The number of anilines is 1. The number of nitrogens with zero attached hydrogens (tertiary/aromatic N) is 2. The Kier molecular flexibility index (Phi) is 7.59. The van der Waals surface area contributed by atoms with E-state index in [2.05, 4.69) is 22.4 Å². The lowest BCUT2D eigenvalue weighted by molar-refractivity contribution is -0.142. The van der Waals surface area contributed by atoms with Crippen LogP contribution in [0.4, 0.5) is 5.13 Å². The Morgan fingerprint density at radius 1 is 1.31 bits per heavy atom. The molecule has 0 saturated carbocycles. The summed E-state index contributed by atoms with van der Waals surface area (Å²) in [6.07, 6.45) is 2.94. The fraction of sp³-hybridized carbons (Fsp3) is 0.421. The maximum Gasteiger partial charge on any atom is 0.311 e. The van der Waals surface area contributed by atoms with Crippen molar-refractivity contribution in [2.24, 2.45) is 5.10 Å². The summed E-state index contributed by atoms with van der Waals surface area (Å²) in [5.41, 5.74) is 6.84. The van der Waals surface area contributed by atoms with Crippen molar-refractivity contribution in [3.05, 3.63) is 39.9 Å². The molecule has 0 amide bonds. The number of rotatable bonds is 9. The van der Waals surface area contributed by atoms with Crippen LogP contribution in [0.15, 0.2) is 22.6 Å². The number of aromatic nitrogens is 1. The van der Waals surface area contributed by atoms with Gasteiger partial charge in [0.05, 0.1) is 31.5 Å². The van der Waals surface area contributed by atoms with E-state index in [-0.39, 0.29) is 12.4 Å². The Balaban J connectivity index is 1.98. The van der Waals surface area contributed by atoms with Gasteiger partial charge >= 0.3 is 5.97 Å². The first-order valence-corrected chi connectivity index (χ1v) is 9.54. The first-order chi connectivity index (χ1) is 12.5. The average Bonchev–Trinajstić information content (AvgIpc) is 3.02. The lowest BCUT2D eigenvalue weighted by Gasteiger charge is -2.10. The Morgan fingerprint density at radius 2 is 2.04 bits per heavy atom. The van der Waals surface area contributed by atoms with E-state index in [0.29, 0.717) is 24.0 Å². The molecular weight excluding hydrogens is 350 g/mol. The standard InChI is InChI=1S/C19H25N3O3S/c1-5-7-25-16-8-13(3)17(14(4)9-16)11-20-22-19-21-15(12-26-19)10-18(23)24-6-2/h8-9,11-12H,5-7,10H2,1-4H3,(H,21,22). The zero-order valence-corrected chi connectivity index (χ0v) is 16.5. The van der Waals surface area contributed by atoms with Crippen molar-refractivity contribution in [2.75, 3.05) is 18.6 Å². The van der Waals surface area contributed by atoms with E-state index >= 15 is 0 Å². The quantitative estimate of drug-likeness (QED) is 0.406. The van der Waals surface area contributed by atoms with Gasteiger partial charge in [0.15, 0.2) is 0 Å². The second-order valence-corrected chi connectivity index (χ2v) is 6.67. The largest absolute Gasteiger partial charge is 0.494 e. The maximum absolute atomic E-state index is 11.5. The Morgan fingerprint density at radius 3 is 2.69 bits per heavy atom. The zero-order valence-electron chi connectivity index (χ0n) is 15.7. The highest BCUT2D eigenvalue weighted by molar-refractivity contribution is 7.13. The number of aryl methyl sites for hydroxylation is 2. The number of ether oxygens (including phenoxy) is 2. The Hall–Kier alpha value is -2.41. The first-order valence-electron chi connectivity index (χ1n) is 8.66. The molecule has 7 heteroatoms. The third-order valence-electron chi connectivity index (χ3n) is 3.58. The molecule has 0 atom stereocenters. The fourth-order valence-electron chi connectivity index (χ4n) is 2.39. The number of hydrazone groups is 1. The van der Waals surface area contributed by atoms with Crippen molar-refractivity contribution in [3.8, 4) is 5.75 Å². The second-order valence-electron chi connectivity index (χ2n) is 5.82. The molecule has 0 fully saturated rings. The molecule has 1 heterocycles. The summed E-state index contributed by atoms with van der Waals surface area (Å²) in [4.78, 5) is 15.8. The molecule has 0 aliphatic carbocycles. The van der Waals surface area contributed by atoms with Crippen molar-refractivity contribution in [2.45, 2.75) is 40.5 Å². The van der Waals surface area contributed by atoms with Crippen molar-refractivity contribution in [1.29, 1.82) is 0 Å². The predicted molar refractivity (Wildman–Crippen MR) is 105 cm³/mol. The van der Waals surface area contributed by atoms with Crippen LogP contribution in [0, 0.1) is 13.8 Å². The van der Waals surface area contributed by atoms with E-state index in [1.54, 1.807) is 13.1 Å². The molecule has 2 rings (SSSR count). The first kappa shape index (κ1) is 19.9. The van der Waals surface area contributed by atoms with Crippen LogP contribution in [0.3, 0.4) is 0 Å². The third kappa shape index (κ3) is 5.84. The summed E-state index contributed by atoms with van der Waals surface area (Å²) in [6, 6.07) is 4.04. The number of carbonyl (C=O) groups is 1. The molecule has 0 unspecified atom stereocenters. The summed E-state index contributed by atoms with van der Waals surface area (Å²) in [5, 5.41) is 6.73. The van der Waals surface area contributed by atoms with Gasteiger partial charge in [0, 0.05) is 10.9 Å². The minimum atomic E-state index is -0.274. The van der Waals surface area contributed by atoms with Crippen molar-refractivity contribution < 1.29 is 14.3 Å². The topological polar surface area (TPSA) is 72.8 Å². The minimum Gasteiger partial charge on any atom is -0.494 e. The summed E-state index contributed by atoms with van der Waals surface area (Å²) >= 11 is 1.40. The van der Waals surface area contributed by atoms with E-state index in [4.69, 9.17) is 9.47 Å². The number of esters is 1. The van der Waals surface area contributed by atoms with E-state index in [0.717, 1.165) is 28.9 Å². The van der Waals surface area contributed by atoms with E-state index in [1.807, 2.05) is 31.4 Å². The number of hydrogen-bond acceptors (Lipinski definition) is 7. The highest BCUT2D eigenvalue weighted by Gasteiger charge is 2.08. The fourth-order valence-corrected chi connectivity index (χ4v) is 3.05. The van der Waals surface area contributed by atoms with Crippen molar-refractivity contribution >= 4 is 28.7 Å². The van der Waals surface area contributed by atoms with Crippen LogP contribution in [0.25, 0.3) is 0 Å². The molecule has 0 aliphatic heterocycles. The molecule has 0 aliphatic rings. The summed E-state index contributed by atoms with van der Waals surface area (Å²) < 4.78 is 10.6. The Labute approximate surface area is 158 Å². The van der Waals surface area contributed by atoms with Crippen LogP contribution in [-0.2, 0) is 16.0 Å². The summed E-state index contributed by atoms with van der Waals surface area (Å²) in [6.45, 7) is 9.03. The van der Waals surface area contributed by atoms with Crippen molar-refractivity contribution in [1.82, 2.24) is 4.98 Å². The van der Waals surface area contributed by atoms with Gasteiger partial charge in [-0.05, 0) is 50.5 Å². The molecule has 0 radical (unpaired) electrons. The number of hydrogen-bond donors (Lipinski definition) is 1. The predicted octanol–water partition coefficient (Wildman–Crippen LogP) is 4.10. The molecule has 1 N–H and O–H groups in total. The molecule has 26 heavy (non-hydrogen) atoms. The van der Waals surface area contributed by atoms with Gasteiger partial charge in [-0.1, -0.05) is 6.92 Å². The molecule has 0 bridgehead atoms. The number of carbonyl (C=O) groups excluding carboxylic acids is 1. The molecule has 0 spiro atoms. The lowest BCUT2D eigenvalue weighted by atomic mass is 10.0. The van der Waals surface area contributed by atoms with Gasteiger partial charge in [-0.15, -0.1) is 11.3 Å². The van der Waals surface area contributed by atoms with Crippen LogP contribution in [0.2, 0.25) is 0 Å². The SMILES string of the molecule is CCCOc1cc(C)c(C=NNc2nc(CC(=O)OCC)cs2)c(C)c1. The molecule has 1 aromatic carbocycles. The third-order valence-corrected chi connectivity index (χ3v) is 4.37. The maximum atomic E-state index is 11.5. The number of nitrogens with one attached hydrogen (secondary N) is 1. The van der Waals surface area contributed by atoms with Gasteiger partial charge in [0.25, 0.3) is 0 Å². The van der Waals surface area contributed by atoms with Gasteiger partial charge in [-0.2, -0.15) is 5.10 Å².